The Bertz CT molecular complexity index is 917. The molecule has 0 unspecified atom stereocenters. The van der Waals surface area contributed by atoms with Gasteiger partial charge in [-0.3, -0.25) is 9.59 Å². The first-order valence-electron chi connectivity index (χ1n) is 9.26. The van der Waals surface area contributed by atoms with E-state index in [1.165, 1.54) is 42.1 Å². The van der Waals surface area contributed by atoms with Crippen LogP contribution in [-0.4, -0.2) is 22.2 Å². The number of benzene rings is 2. The molecule has 2 aromatic carbocycles. The molecule has 1 aliphatic rings. The van der Waals surface area contributed by atoms with E-state index in [-0.39, 0.29) is 28.2 Å². The molecule has 1 saturated carbocycles. The normalized spacial score (nSPS) is 19.0. The van der Waals surface area contributed by atoms with Gasteiger partial charge >= 0.3 is 5.97 Å². The summed E-state index contributed by atoms with van der Waals surface area (Å²) < 4.78 is 27.5. The second-order valence-corrected chi connectivity index (χ2v) is 8.84. The average Bonchev–Trinajstić information content (AvgIpc) is 2.67. The average molecular weight is 440 g/mol. The highest BCUT2D eigenvalue weighted by Crippen LogP contribution is 2.38. The Morgan fingerprint density at radius 2 is 1.76 bits per heavy atom. The van der Waals surface area contributed by atoms with Crippen molar-refractivity contribution in [2.24, 2.45) is 5.92 Å². The molecule has 4 nitrogen and oxygen atoms in total. The predicted octanol–water partition coefficient (Wildman–Crippen LogP) is 6.00. The summed E-state index contributed by atoms with van der Waals surface area (Å²) in [5.74, 6) is -2.03. The van der Waals surface area contributed by atoms with E-state index in [0.717, 1.165) is 31.7 Å². The Kier molecular flexibility index (Phi) is 7.14. The van der Waals surface area contributed by atoms with Crippen LogP contribution in [0.2, 0.25) is 5.02 Å². The highest BCUT2D eigenvalue weighted by Gasteiger charge is 2.24. The summed E-state index contributed by atoms with van der Waals surface area (Å²) in [6.07, 6.45) is 3.40. The maximum Gasteiger partial charge on any atom is 0.303 e. The van der Waals surface area contributed by atoms with Gasteiger partial charge in [0.1, 0.15) is 11.6 Å². The lowest BCUT2D eigenvalue weighted by atomic mass is 9.87. The molecule has 1 aliphatic carbocycles. The molecule has 0 atom stereocenters. The number of nitrogens with one attached hydrogen (secondary N) is 1. The zero-order chi connectivity index (χ0) is 21.0. The van der Waals surface area contributed by atoms with Gasteiger partial charge in [-0.1, -0.05) is 11.6 Å². The summed E-state index contributed by atoms with van der Waals surface area (Å²) in [5.41, 5.74) is 0.630. The van der Waals surface area contributed by atoms with Gasteiger partial charge in [-0.15, -0.1) is 11.8 Å². The third-order valence-electron chi connectivity index (χ3n) is 4.92. The molecule has 3 rings (SSSR count). The van der Waals surface area contributed by atoms with Gasteiger partial charge in [-0.05, 0) is 68.0 Å². The number of amides is 1. The van der Waals surface area contributed by atoms with Gasteiger partial charge in [0.25, 0.3) is 5.91 Å². The van der Waals surface area contributed by atoms with E-state index in [2.05, 4.69) is 5.32 Å². The minimum absolute atomic E-state index is 0.100. The molecule has 2 N–H and O–H groups in total. The molecular weight excluding hydrogens is 420 g/mol. The number of carboxylic acids is 1. The van der Waals surface area contributed by atoms with Gasteiger partial charge in [-0.25, -0.2) is 8.78 Å². The van der Waals surface area contributed by atoms with Gasteiger partial charge < -0.3 is 10.4 Å². The highest BCUT2D eigenvalue weighted by atomic mass is 35.5. The predicted molar refractivity (Wildman–Crippen MR) is 110 cm³/mol. The van der Waals surface area contributed by atoms with Crippen LogP contribution in [0.5, 0.6) is 0 Å². The van der Waals surface area contributed by atoms with Gasteiger partial charge in [0.05, 0.1) is 5.02 Å². The Hall–Kier alpha value is -2.12. The van der Waals surface area contributed by atoms with Crippen LogP contribution in [0.3, 0.4) is 0 Å². The smallest absolute Gasteiger partial charge is 0.303 e. The van der Waals surface area contributed by atoms with Crippen LogP contribution in [-0.2, 0) is 4.79 Å². The monoisotopic (exact) mass is 439 g/mol. The fourth-order valence-corrected chi connectivity index (χ4v) is 4.82. The fourth-order valence-electron chi connectivity index (χ4n) is 3.39. The van der Waals surface area contributed by atoms with Crippen LogP contribution in [0.1, 0.15) is 42.5 Å². The Balaban J connectivity index is 1.64. The molecule has 1 fully saturated rings. The second kappa shape index (κ2) is 9.59. The topological polar surface area (TPSA) is 66.4 Å². The van der Waals surface area contributed by atoms with Crippen LogP contribution >= 0.6 is 23.4 Å². The number of carbonyl (C=O) groups excluding carboxylic acids is 1. The summed E-state index contributed by atoms with van der Waals surface area (Å²) >= 11 is 7.11. The number of hydrogen-bond acceptors (Lipinski definition) is 3. The minimum atomic E-state index is -0.784. The lowest BCUT2D eigenvalue weighted by molar-refractivity contribution is -0.138. The number of hydrogen-bond donors (Lipinski definition) is 2. The molecule has 8 heteroatoms. The van der Waals surface area contributed by atoms with Crippen molar-refractivity contribution in [3.63, 3.8) is 0 Å². The molecule has 154 valence electrons. The summed E-state index contributed by atoms with van der Waals surface area (Å²) in [4.78, 5) is 23.7. The van der Waals surface area contributed by atoms with Gasteiger partial charge in [0, 0.05) is 27.8 Å². The van der Waals surface area contributed by atoms with E-state index in [0.29, 0.717) is 10.6 Å². The number of carbonyl (C=O) groups is 2. The third kappa shape index (κ3) is 5.93. The molecule has 1 amide bonds. The van der Waals surface area contributed by atoms with Crippen LogP contribution in [0, 0.1) is 17.6 Å². The zero-order valence-corrected chi connectivity index (χ0v) is 17.0. The standard InChI is InChI=1S/C21H20ClF2NO3S/c22-16-11-14(4-8-17(16)23)25-21(28)13-3-7-18(24)19(10-13)29-15-5-1-12(2-6-15)9-20(26)27/h3-4,7-8,10-12,15H,1-2,5-6,9H2,(H,25,28)(H,26,27). The molecule has 0 spiro atoms. The van der Waals surface area contributed by atoms with Crippen molar-refractivity contribution in [1.82, 2.24) is 0 Å². The molecule has 0 aliphatic heterocycles. The van der Waals surface area contributed by atoms with Gasteiger partial charge in [-0.2, -0.15) is 0 Å². The molecule has 2 aromatic rings. The first-order valence-corrected chi connectivity index (χ1v) is 10.5. The Morgan fingerprint density at radius 3 is 2.41 bits per heavy atom. The maximum absolute atomic E-state index is 14.3. The van der Waals surface area contributed by atoms with Crippen molar-refractivity contribution in [2.75, 3.05) is 5.32 Å². The Morgan fingerprint density at radius 1 is 1.07 bits per heavy atom. The molecule has 0 saturated heterocycles. The van der Waals surface area contributed by atoms with E-state index in [1.807, 2.05) is 0 Å². The lowest BCUT2D eigenvalue weighted by Gasteiger charge is -2.27. The molecule has 0 heterocycles. The van der Waals surface area contributed by atoms with Crippen LogP contribution < -0.4 is 5.32 Å². The largest absolute Gasteiger partial charge is 0.481 e. The first-order chi connectivity index (χ1) is 13.8. The van der Waals surface area contributed by atoms with E-state index < -0.39 is 23.5 Å². The molecule has 0 radical (unpaired) electrons. The van der Waals surface area contributed by atoms with Crippen molar-refractivity contribution < 1.29 is 23.5 Å². The van der Waals surface area contributed by atoms with Crippen molar-refractivity contribution in [2.45, 2.75) is 42.2 Å². The van der Waals surface area contributed by atoms with E-state index in [4.69, 9.17) is 16.7 Å². The summed E-state index contributed by atoms with van der Waals surface area (Å²) in [5, 5.41) is 11.6. The number of thioether (sulfide) groups is 1. The quantitative estimate of drug-likeness (QED) is 0.579. The van der Waals surface area contributed by atoms with E-state index in [9.17, 15) is 18.4 Å². The second-order valence-electron chi connectivity index (χ2n) is 7.09. The molecule has 0 aromatic heterocycles. The van der Waals surface area contributed by atoms with Crippen molar-refractivity contribution in [3.05, 3.63) is 58.6 Å². The molecule has 29 heavy (non-hydrogen) atoms. The summed E-state index contributed by atoms with van der Waals surface area (Å²) in [7, 11) is 0. The fraction of sp³-hybridized carbons (Fsp3) is 0.333. The van der Waals surface area contributed by atoms with Crippen molar-refractivity contribution in [1.29, 1.82) is 0 Å². The summed E-state index contributed by atoms with van der Waals surface area (Å²) in [6.45, 7) is 0. The lowest BCUT2D eigenvalue weighted by Crippen LogP contribution is -2.19. The third-order valence-corrected chi connectivity index (χ3v) is 6.58. The highest BCUT2D eigenvalue weighted by molar-refractivity contribution is 8.00. The van der Waals surface area contributed by atoms with Crippen molar-refractivity contribution in [3.8, 4) is 0 Å². The number of aliphatic carboxylic acids is 1. The first kappa shape index (κ1) is 21.6. The molecular formula is C21H20ClF2NO3S. The number of anilines is 1. The summed E-state index contributed by atoms with van der Waals surface area (Å²) in [6, 6.07) is 8.01. The van der Waals surface area contributed by atoms with Crippen LogP contribution in [0.15, 0.2) is 41.3 Å². The van der Waals surface area contributed by atoms with Crippen LogP contribution in [0.4, 0.5) is 14.5 Å². The minimum Gasteiger partial charge on any atom is -0.481 e. The molecule has 0 bridgehead atoms. The Labute approximate surface area is 176 Å². The zero-order valence-electron chi connectivity index (χ0n) is 15.5. The van der Waals surface area contributed by atoms with Gasteiger partial charge in [0.15, 0.2) is 0 Å². The number of carboxylic acid groups (broad SMARTS) is 1. The number of rotatable bonds is 6. The number of halogens is 3. The van der Waals surface area contributed by atoms with E-state index in [1.54, 1.807) is 0 Å². The van der Waals surface area contributed by atoms with E-state index >= 15 is 0 Å². The SMILES string of the molecule is O=C(O)CC1CCC(Sc2cc(C(=O)Nc3ccc(F)c(Cl)c3)ccc2F)CC1. The van der Waals surface area contributed by atoms with Gasteiger partial charge in [0.2, 0.25) is 0 Å². The van der Waals surface area contributed by atoms with Crippen LogP contribution in [0.25, 0.3) is 0 Å². The van der Waals surface area contributed by atoms with Crippen molar-refractivity contribution >= 4 is 40.9 Å². The maximum atomic E-state index is 14.3.